The summed E-state index contributed by atoms with van der Waals surface area (Å²) in [7, 11) is 0. The maximum absolute atomic E-state index is 10.8. The first-order valence-corrected chi connectivity index (χ1v) is 9.51. The van der Waals surface area contributed by atoms with Crippen LogP contribution in [0.25, 0.3) is 0 Å². The molecule has 1 N–H and O–H groups in total. The molecule has 0 aromatic carbocycles. The highest BCUT2D eigenvalue weighted by atomic mass is 16.1. The van der Waals surface area contributed by atoms with Gasteiger partial charge in [-0.1, -0.05) is 75.8 Å². The molecule has 0 radical (unpaired) electrons. The number of hydrogen-bond donors (Lipinski definition) is 1. The minimum Gasteiger partial charge on any atom is -0.300 e. The highest BCUT2D eigenvalue weighted by Gasteiger charge is 1.98. The zero-order chi connectivity index (χ0) is 16.6. The molecular formula is C18H34N4O. The number of aromatic amines is 1. The number of tetrazole rings is 1. The van der Waals surface area contributed by atoms with Crippen molar-refractivity contribution >= 4 is 5.78 Å². The third-order valence-corrected chi connectivity index (χ3v) is 4.32. The lowest BCUT2D eigenvalue weighted by Gasteiger charge is -2.03. The summed E-state index contributed by atoms with van der Waals surface area (Å²) in [5.41, 5.74) is 0. The summed E-state index contributed by atoms with van der Waals surface area (Å²) in [5, 5.41) is 14.0. The normalized spacial score (nSPS) is 11.0. The van der Waals surface area contributed by atoms with Crippen molar-refractivity contribution in [1.82, 2.24) is 20.6 Å². The lowest BCUT2D eigenvalue weighted by Crippen LogP contribution is -1.89. The minimum atomic E-state index is 0.333. The maximum atomic E-state index is 10.8. The number of carbonyl (C=O) groups is 1. The molecular weight excluding hydrogens is 288 g/mol. The Morgan fingerprint density at radius 3 is 1.70 bits per heavy atom. The fourth-order valence-electron chi connectivity index (χ4n) is 2.89. The first kappa shape index (κ1) is 19.8. The molecule has 0 unspecified atom stereocenters. The van der Waals surface area contributed by atoms with Crippen LogP contribution in [0.1, 0.15) is 103 Å². The van der Waals surface area contributed by atoms with Crippen molar-refractivity contribution in [3.05, 3.63) is 5.82 Å². The van der Waals surface area contributed by atoms with E-state index in [4.69, 9.17) is 0 Å². The molecule has 0 saturated heterocycles. The summed E-state index contributed by atoms with van der Waals surface area (Å²) in [6, 6.07) is 0. The summed E-state index contributed by atoms with van der Waals surface area (Å²) in [4.78, 5) is 10.8. The Bertz CT molecular complexity index is 378. The van der Waals surface area contributed by atoms with Gasteiger partial charge in [-0.25, -0.2) is 0 Å². The number of hydrogen-bond acceptors (Lipinski definition) is 4. The molecule has 0 atom stereocenters. The van der Waals surface area contributed by atoms with Crippen LogP contribution < -0.4 is 0 Å². The van der Waals surface area contributed by atoms with Crippen molar-refractivity contribution in [2.75, 3.05) is 0 Å². The van der Waals surface area contributed by atoms with Crippen molar-refractivity contribution in [1.29, 1.82) is 0 Å². The molecule has 1 aromatic rings. The number of unbranched alkanes of at least 4 members (excludes halogenated alkanes) is 12. The molecule has 132 valence electrons. The molecule has 0 spiro atoms. The Morgan fingerprint density at radius 2 is 1.26 bits per heavy atom. The Hall–Kier alpha value is -1.26. The molecule has 0 aliphatic rings. The van der Waals surface area contributed by atoms with Gasteiger partial charge in [-0.05, 0) is 19.8 Å². The number of nitrogens with zero attached hydrogens (tertiary/aromatic N) is 3. The van der Waals surface area contributed by atoms with Gasteiger partial charge in [0.25, 0.3) is 0 Å². The van der Waals surface area contributed by atoms with Gasteiger partial charge in [0.05, 0.1) is 0 Å². The van der Waals surface area contributed by atoms with Gasteiger partial charge >= 0.3 is 0 Å². The van der Waals surface area contributed by atoms with E-state index in [0.29, 0.717) is 5.78 Å². The fourth-order valence-corrected chi connectivity index (χ4v) is 2.89. The Kier molecular flexibility index (Phi) is 12.3. The topological polar surface area (TPSA) is 71.5 Å². The molecule has 0 saturated carbocycles. The van der Waals surface area contributed by atoms with Crippen LogP contribution in [0.5, 0.6) is 0 Å². The number of aromatic nitrogens is 4. The van der Waals surface area contributed by atoms with E-state index in [1.807, 2.05) is 0 Å². The molecule has 5 nitrogen and oxygen atoms in total. The number of H-pyrrole nitrogens is 1. The second kappa shape index (κ2) is 14.3. The van der Waals surface area contributed by atoms with Crippen LogP contribution in [0.15, 0.2) is 0 Å². The van der Waals surface area contributed by atoms with E-state index in [1.54, 1.807) is 6.92 Å². The second-order valence-electron chi connectivity index (χ2n) is 6.63. The molecule has 23 heavy (non-hydrogen) atoms. The van der Waals surface area contributed by atoms with Gasteiger partial charge in [0.1, 0.15) is 5.78 Å². The molecule has 1 heterocycles. The van der Waals surface area contributed by atoms with Crippen LogP contribution in [0.2, 0.25) is 0 Å². The van der Waals surface area contributed by atoms with Crippen LogP contribution >= 0.6 is 0 Å². The minimum absolute atomic E-state index is 0.333. The van der Waals surface area contributed by atoms with Crippen LogP contribution in [0.4, 0.5) is 0 Å². The van der Waals surface area contributed by atoms with E-state index in [-0.39, 0.29) is 0 Å². The lowest BCUT2D eigenvalue weighted by atomic mass is 10.0. The van der Waals surface area contributed by atoms with Gasteiger partial charge in [-0.2, -0.15) is 5.21 Å². The van der Waals surface area contributed by atoms with Crippen LogP contribution in [0.3, 0.4) is 0 Å². The molecule has 5 heteroatoms. The zero-order valence-electron chi connectivity index (χ0n) is 14.9. The van der Waals surface area contributed by atoms with Gasteiger partial charge in [0.15, 0.2) is 5.82 Å². The summed E-state index contributed by atoms with van der Waals surface area (Å²) < 4.78 is 0. The van der Waals surface area contributed by atoms with Gasteiger partial charge in [-0.3, -0.25) is 0 Å². The van der Waals surface area contributed by atoms with Crippen molar-refractivity contribution < 1.29 is 4.79 Å². The Labute approximate surface area is 141 Å². The highest BCUT2D eigenvalue weighted by Crippen LogP contribution is 2.13. The molecule has 0 aliphatic carbocycles. The van der Waals surface area contributed by atoms with Crippen molar-refractivity contribution in [2.24, 2.45) is 0 Å². The van der Waals surface area contributed by atoms with Crippen LogP contribution in [-0.4, -0.2) is 26.4 Å². The molecule has 1 aromatic heterocycles. The van der Waals surface area contributed by atoms with E-state index in [2.05, 4.69) is 20.6 Å². The van der Waals surface area contributed by atoms with E-state index >= 15 is 0 Å². The molecule has 0 bridgehead atoms. The summed E-state index contributed by atoms with van der Waals surface area (Å²) in [5.74, 6) is 1.17. The van der Waals surface area contributed by atoms with E-state index in [1.165, 1.54) is 77.0 Å². The number of nitrogens with one attached hydrogen (secondary N) is 1. The quantitative estimate of drug-likeness (QED) is 0.444. The standard InChI is InChI=1S/C18H34N4O/c1-17(23)15-13-11-9-7-5-3-2-4-6-8-10-12-14-16-18-19-21-22-20-18/h2-16H2,1H3,(H,19,20,21,22). The average Bonchev–Trinajstić information content (AvgIpc) is 3.04. The Morgan fingerprint density at radius 1 is 0.783 bits per heavy atom. The van der Waals surface area contributed by atoms with Gasteiger partial charge in [0, 0.05) is 12.8 Å². The predicted octanol–water partition coefficient (Wildman–Crippen LogP) is 4.79. The average molecular weight is 322 g/mol. The van der Waals surface area contributed by atoms with Crippen LogP contribution in [-0.2, 0) is 11.2 Å². The fraction of sp³-hybridized carbons (Fsp3) is 0.889. The summed E-state index contributed by atoms with van der Waals surface area (Å²) in [6.07, 6.45) is 18.7. The van der Waals surface area contributed by atoms with Crippen molar-refractivity contribution in [3.63, 3.8) is 0 Å². The lowest BCUT2D eigenvalue weighted by molar-refractivity contribution is -0.117. The number of aryl methyl sites for hydroxylation is 1. The largest absolute Gasteiger partial charge is 0.300 e. The third kappa shape index (κ3) is 12.9. The van der Waals surface area contributed by atoms with Crippen molar-refractivity contribution in [3.8, 4) is 0 Å². The van der Waals surface area contributed by atoms with E-state index in [0.717, 1.165) is 25.1 Å². The van der Waals surface area contributed by atoms with Crippen molar-refractivity contribution in [2.45, 2.75) is 103 Å². The van der Waals surface area contributed by atoms with Gasteiger partial charge in [-0.15, -0.1) is 10.2 Å². The Balaban J connectivity index is 1.69. The second-order valence-corrected chi connectivity index (χ2v) is 6.63. The number of carbonyl (C=O) groups excluding carboxylic acids is 1. The SMILES string of the molecule is CC(=O)CCCCCCCCCCCCCCCc1nn[nH]n1. The number of ketones is 1. The first-order valence-electron chi connectivity index (χ1n) is 9.51. The molecule has 0 fully saturated rings. The van der Waals surface area contributed by atoms with E-state index < -0.39 is 0 Å². The third-order valence-electron chi connectivity index (χ3n) is 4.32. The van der Waals surface area contributed by atoms with Gasteiger partial charge < -0.3 is 4.79 Å². The van der Waals surface area contributed by atoms with Crippen LogP contribution in [0, 0.1) is 0 Å². The molecule has 0 amide bonds. The molecule has 1 rings (SSSR count). The van der Waals surface area contributed by atoms with E-state index in [9.17, 15) is 4.79 Å². The number of rotatable bonds is 16. The smallest absolute Gasteiger partial charge is 0.174 e. The zero-order valence-corrected chi connectivity index (χ0v) is 14.9. The number of Topliss-reactive ketones (excluding diaryl/α,β-unsaturated/α-hetero) is 1. The predicted molar refractivity (Wildman–Crippen MR) is 93.2 cm³/mol. The highest BCUT2D eigenvalue weighted by molar-refractivity contribution is 5.75. The summed E-state index contributed by atoms with van der Waals surface area (Å²) >= 11 is 0. The maximum Gasteiger partial charge on any atom is 0.174 e. The monoisotopic (exact) mass is 322 g/mol. The first-order chi connectivity index (χ1) is 11.3. The molecule has 0 aliphatic heterocycles. The summed E-state index contributed by atoms with van der Waals surface area (Å²) in [6.45, 7) is 1.69. The van der Waals surface area contributed by atoms with Gasteiger partial charge in [0.2, 0.25) is 0 Å².